The van der Waals surface area contributed by atoms with Crippen molar-refractivity contribution in [2.24, 2.45) is 5.84 Å². The number of nitrogens with one attached hydrogen (secondary N) is 1. The smallest absolute Gasteiger partial charge is 0.137 e. The number of halogens is 2. The zero-order chi connectivity index (χ0) is 14.5. The second-order valence-corrected chi connectivity index (χ2v) is 5.21. The van der Waals surface area contributed by atoms with Crippen molar-refractivity contribution < 1.29 is 9.13 Å². The van der Waals surface area contributed by atoms with E-state index < -0.39 is 0 Å². The average molecular weight is 339 g/mol. The summed E-state index contributed by atoms with van der Waals surface area (Å²) >= 11 is 3.27. The summed E-state index contributed by atoms with van der Waals surface area (Å²) in [7, 11) is 1.62. The summed E-state index contributed by atoms with van der Waals surface area (Å²) in [6.07, 6.45) is 0.571. The highest BCUT2D eigenvalue weighted by Crippen LogP contribution is 2.27. The summed E-state index contributed by atoms with van der Waals surface area (Å²) in [5.41, 5.74) is 4.61. The van der Waals surface area contributed by atoms with Gasteiger partial charge in [-0.05, 0) is 51.7 Å². The third-order valence-corrected chi connectivity index (χ3v) is 4.04. The zero-order valence-corrected chi connectivity index (χ0v) is 12.7. The molecule has 0 bridgehead atoms. The van der Waals surface area contributed by atoms with Crippen LogP contribution in [0.5, 0.6) is 5.75 Å². The lowest BCUT2D eigenvalue weighted by Crippen LogP contribution is -2.29. The number of hydrazine groups is 1. The third-order valence-electron chi connectivity index (χ3n) is 3.15. The van der Waals surface area contributed by atoms with E-state index in [0.717, 1.165) is 16.9 Å². The van der Waals surface area contributed by atoms with Crippen LogP contribution in [0.2, 0.25) is 0 Å². The predicted octanol–water partition coefficient (Wildman–Crippen LogP) is 3.34. The van der Waals surface area contributed by atoms with E-state index in [2.05, 4.69) is 21.4 Å². The van der Waals surface area contributed by atoms with Gasteiger partial charge in [0.25, 0.3) is 0 Å². The van der Waals surface area contributed by atoms with E-state index in [4.69, 9.17) is 10.6 Å². The van der Waals surface area contributed by atoms with Gasteiger partial charge in [0.05, 0.1) is 17.6 Å². The molecule has 0 aliphatic heterocycles. The van der Waals surface area contributed by atoms with Gasteiger partial charge in [-0.3, -0.25) is 11.3 Å². The molecule has 2 aromatic carbocycles. The molecule has 0 radical (unpaired) electrons. The normalized spacial score (nSPS) is 12.2. The number of hydrogen-bond donors (Lipinski definition) is 2. The van der Waals surface area contributed by atoms with Crippen LogP contribution >= 0.6 is 15.9 Å². The molecule has 3 nitrogen and oxygen atoms in total. The van der Waals surface area contributed by atoms with Crippen LogP contribution in [-0.4, -0.2) is 7.11 Å². The molecule has 0 fully saturated rings. The summed E-state index contributed by atoms with van der Waals surface area (Å²) in [4.78, 5) is 0. The molecule has 20 heavy (non-hydrogen) atoms. The standard InChI is InChI=1S/C15H16BrFN2O/c1-20-12-6-2-4-10(8-12)14(19-18)9-11-5-3-7-13(17)15(11)16/h2-8,14,19H,9,18H2,1H3. The molecule has 0 amide bonds. The molecule has 0 aliphatic carbocycles. The maximum absolute atomic E-state index is 13.5. The molecule has 5 heteroatoms. The first-order valence-corrected chi connectivity index (χ1v) is 6.98. The van der Waals surface area contributed by atoms with Gasteiger partial charge in [-0.15, -0.1) is 0 Å². The maximum atomic E-state index is 13.5. The molecule has 1 unspecified atom stereocenters. The zero-order valence-electron chi connectivity index (χ0n) is 11.1. The lowest BCUT2D eigenvalue weighted by Gasteiger charge is -2.18. The minimum absolute atomic E-state index is 0.122. The van der Waals surface area contributed by atoms with Crippen LogP contribution in [0, 0.1) is 5.82 Å². The van der Waals surface area contributed by atoms with Crippen molar-refractivity contribution >= 4 is 15.9 Å². The molecular weight excluding hydrogens is 323 g/mol. The van der Waals surface area contributed by atoms with Crippen LogP contribution in [0.4, 0.5) is 4.39 Å². The fourth-order valence-corrected chi connectivity index (χ4v) is 2.48. The largest absolute Gasteiger partial charge is 0.497 e. The van der Waals surface area contributed by atoms with Crippen molar-refractivity contribution in [2.45, 2.75) is 12.5 Å². The van der Waals surface area contributed by atoms with Crippen molar-refractivity contribution in [3.05, 3.63) is 63.9 Å². The van der Waals surface area contributed by atoms with E-state index in [1.807, 2.05) is 30.3 Å². The van der Waals surface area contributed by atoms with Crippen molar-refractivity contribution in [1.29, 1.82) is 0 Å². The summed E-state index contributed by atoms with van der Waals surface area (Å²) in [5.74, 6) is 6.12. The second kappa shape index (κ2) is 6.83. The van der Waals surface area contributed by atoms with E-state index >= 15 is 0 Å². The Hall–Kier alpha value is -1.43. The van der Waals surface area contributed by atoms with Gasteiger partial charge in [-0.2, -0.15) is 0 Å². The highest BCUT2D eigenvalue weighted by Gasteiger charge is 2.14. The average Bonchev–Trinajstić information content (AvgIpc) is 2.49. The van der Waals surface area contributed by atoms with Gasteiger partial charge < -0.3 is 4.74 Å². The molecule has 0 spiro atoms. The number of benzene rings is 2. The third kappa shape index (κ3) is 3.36. The second-order valence-electron chi connectivity index (χ2n) is 4.41. The van der Waals surface area contributed by atoms with Gasteiger partial charge in [-0.1, -0.05) is 24.3 Å². The highest BCUT2D eigenvalue weighted by atomic mass is 79.9. The summed E-state index contributed by atoms with van der Waals surface area (Å²) in [5, 5.41) is 0. The molecular formula is C15H16BrFN2O. The van der Waals surface area contributed by atoms with Crippen LogP contribution in [0.15, 0.2) is 46.9 Å². The first-order chi connectivity index (χ1) is 9.65. The van der Waals surface area contributed by atoms with Crippen molar-refractivity contribution in [3.63, 3.8) is 0 Å². The highest BCUT2D eigenvalue weighted by molar-refractivity contribution is 9.10. The van der Waals surface area contributed by atoms with Crippen LogP contribution in [-0.2, 0) is 6.42 Å². The van der Waals surface area contributed by atoms with Crippen molar-refractivity contribution in [1.82, 2.24) is 5.43 Å². The van der Waals surface area contributed by atoms with Gasteiger partial charge >= 0.3 is 0 Å². The van der Waals surface area contributed by atoms with Gasteiger partial charge in [0, 0.05) is 0 Å². The van der Waals surface area contributed by atoms with Gasteiger partial charge in [0.15, 0.2) is 0 Å². The first kappa shape index (κ1) is 15.0. The summed E-state index contributed by atoms with van der Waals surface area (Å²) in [6.45, 7) is 0. The van der Waals surface area contributed by atoms with Crippen LogP contribution in [0.25, 0.3) is 0 Å². The molecule has 3 N–H and O–H groups in total. The lowest BCUT2D eigenvalue weighted by molar-refractivity contribution is 0.413. The Balaban J connectivity index is 2.26. The molecule has 2 aromatic rings. The van der Waals surface area contributed by atoms with E-state index in [9.17, 15) is 4.39 Å². The van der Waals surface area contributed by atoms with E-state index in [1.54, 1.807) is 13.2 Å². The topological polar surface area (TPSA) is 47.3 Å². The van der Waals surface area contributed by atoms with Crippen LogP contribution in [0.1, 0.15) is 17.2 Å². The fourth-order valence-electron chi connectivity index (χ4n) is 2.06. The number of rotatable bonds is 5. The molecule has 0 saturated carbocycles. The number of nitrogens with two attached hydrogens (primary N) is 1. The maximum Gasteiger partial charge on any atom is 0.137 e. The Morgan fingerprint density at radius 3 is 2.75 bits per heavy atom. The van der Waals surface area contributed by atoms with Gasteiger partial charge in [0.2, 0.25) is 0 Å². The lowest BCUT2D eigenvalue weighted by atomic mass is 9.99. The predicted molar refractivity (Wildman–Crippen MR) is 80.9 cm³/mol. The minimum atomic E-state index is -0.274. The van der Waals surface area contributed by atoms with Crippen LogP contribution in [0.3, 0.4) is 0 Å². The number of ether oxygens (including phenoxy) is 1. The monoisotopic (exact) mass is 338 g/mol. The molecule has 1 atom stereocenters. The molecule has 0 aromatic heterocycles. The fraction of sp³-hybridized carbons (Fsp3) is 0.200. The Bertz CT molecular complexity index is 592. The quantitative estimate of drug-likeness (QED) is 0.649. The Labute approximate surface area is 126 Å². The molecule has 106 valence electrons. The molecule has 0 saturated heterocycles. The van der Waals surface area contributed by atoms with Gasteiger partial charge in [-0.25, -0.2) is 4.39 Å². The van der Waals surface area contributed by atoms with E-state index in [0.29, 0.717) is 10.9 Å². The molecule has 0 aliphatic rings. The Morgan fingerprint density at radius 2 is 2.05 bits per heavy atom. The van der Waals surface area contributed by atoms with Crippen molar-refractivity contribution in [3.8, 4) is 5.75 Å². The van der Waals surface area contributed by atoms with E-state index in [1.165, 1.54) is 6.07 Å². The number of methoxy groups -OCH3 is 1. The Morgan fingerprint density at radius 1 is 1.30 bits per heavy atom. The number of hydrogen-bond acceptors (Lipinski definition) is 3. The van der Waals surface area contributed by atoms with E-state index in [-0.39, 0.29) is 11.9 Å². The SMILES string of the molecule is COc1cccc(C(Cc2cccc(F)c2Br)NN)c1. The Kier molecular flexibility index (Phi) is 5.11. The minimum Gasteiger partial charge on any atom is -0.497 e. The molecule has 2 rings (SSSR count). The molecule has 0 heterocycles. The first-order valence-electron chi connectivity index (χ1n) is 6.18. The summed E-state index contributed by atoms with van der Waals surface area (Å²) in [6, 6.07) is 12.5. The summed E-state index contributed by atoms with van der Waals surface area (Å²) < 4.78 is 19.2. The van der Waals surface area contributed by atoms with Crippen molar-refractivity contribution in [2.75, 3.05) is 7.11 Å². The van der Waals surface area contributed by atoms with Gasteiger partial charge in [0.1, 0.15) is 11.6 Å². The van der Waals surface area contributed by atoms with Crippen LogP contribution < -0.4 is 16.0 Å².